The number of hydrogen-bond acceptors (Lipinski definition) is 7. The van der Waals surface area contributed by atoms with Crippen LogP contribution in [-0.2, 0) is 16.6 Å². The van der Waals surface area contributed by atoms with Crippen LogP contribution >= 0.6 is 11.3 Å². The van der Waals surface area contributed by atoms with Gasteiger partial charge in [-0.3, -0.25) is 4.79 Å². The van der Waals surface area contributed by atoms with Gasteiger partial charge in [-0.2, -0.15) is 5.26 Å². The van der Waals surface area contributed by atoms with Gasteiger partial charge in [-0.25, -0.2) is 4.98 Å². The molecule has 0 spiro atoms. The highest BCUT2D eigenvalue weighted by Gasteiger charge is 2.55. The molecule has 0 radical (unpaired) electrons. The SMILES string of the molecule is N#CCNC(=O)C1(c2nnc(Cc3nc4ccc(-c5ccccc5)cc4s3)o2)CC1. The number of carbonyl (C=O) groups is 1. The second-order valence-corrected chi connectivity index (χ2v) is 8.37. The average Bonchev–Trinajstić information content (AvgIpc) is 3.28. The van der Waals surface area contributed by atoms with Gasteiger partial charge in [0, 0.05) is 0 Å². The first-order chi connectivity index (χ1) is 14.7. The Labute approximate surface area is 176 Å². The molecule has 4 aromatic rings. The van der Waals surface area contributed by atoms with E-state index in [9.17, 15) is 4.79 Å². The molecule has 0 atom stereocenters. The number of benzene rings is 2. The van der Waals surface area contributed by atoms with Crippen LogP contribution in [0.1, 0.15) is 29.6 Å². The monoisotopic (exact) mass is 415 g/mol. The highest BCUT2D eigenvalue weighted by Crippen LogP contribution is 2.47. The molecule has 1 aliphatic rings. The van der Waals surface area contributed by atoms with Crippen LogP contribution in [0.5, 0.6) is 0 Å². The van der Waals surface area contributed by atoms with Crippen LogP contribution in [0.3, 0.4) is 0 Å². The third-order valence-electron chi connectivity index (χ3n) is 5.23. The summed E-state index contributed by atoms with van der Waals surface area (Å²) in [5.74, 6) is 0.528. The number of amides is 1. The fraction of sp³-hybridized carbons (Fsp3) is 0.227. The van der Waals surface area contributed by atoms with Gasteiger partial charge in [-0.15, -0.1) is 21.5 Å². The molecule has 148 valence electrons. The van der Waals surface area contributed by atoms with E-state index in [1.54, 1.807) is 11.3 Å². The number of nitrogens with one attached hydrogen (secondary N) is 1. The zero-order valence-electron chi connectivity index (χ0n) is 16.0. The Bertz CT molecular complexity index is 1270. The van der Waals surface area contributed by atoms with Crippen molar-refractivity contribution in [1.29, 1.82) is 5.26 Å². The molecule has 0 bridgehead atoms. The number of aromatic nitrogens is 3. The van der Waals surface area contributed by atoms with Crippen LogP contribution in [0.15, 0.2) is 52.9 Å². The molecule has 5 rings (SSSR count). The first kappa shape index (κ1) is 18.5. The van der Waals surface area contributed by atoms with Crippen molar-refractivity contribution in [2.45, 2.75) is 24.7 Å². The van der Waals surface area contributed by atoms with E-state index in [2.05, 4.69) is 44.8 Å². The van der Waals surface area contributed by atoms with E-state index in [-0.39, 0.29) is 12.5 Å². The maximum Gasteiger partial charge on any atom is 0.236 e. The lowest BCUT2D eigenvalue weighted by Crippen LogP contribution is -2.35. The van der Waals surface area contributed by atoms with Crippen molar-refractivity contribution < 1.29 is 9.21 Å². The van der Waals surface area contributed by atoms with Crippen molar-refractivity contribution in [1.82, 2.24) is 20.5 Å². The van der Waals surface area contributed by atoms with Crippen LogP contribution in [-0.4, -0.2) is 27.6 Å². The van der Waals surface area contributed by atoms with Crippen molar-refractivity contribution in [3.05, 3.63) is 65.3 Å². The summed E-state index contributed by atoms with van der Waals surface area (Å²) in [7, 11) is 0. The Morgan fingerprint density at radius 1 is 1.17 bits per heavy atom. The van der Waals surface area contributed by atoms with E-state index >= 15 is 0 Å². The second kappa shape index (κ2) is 7.35. The Kier molecular flexibility index (Phi) is 4.52. The van der Waals surface area contributed by atoms with E-state index in [1.165, 1.54) is 5.56 Å². The van der Waals surface area contributed by atoms with Crippen LogP contribution in [0.2, 0.25) is 0 Å². The van der Waals surface area contributed by atoms with Gasteiger partial charge in [0.25, 0.3) is 0 Å². The van der Waals surface area contributed by atoms with Crippen molar-refractivity contribution in [3.8, 4) is 17.2 Å². The number of thiazole rings is 1. The average molecular weight is 415 g/mol. The minimum atomic E-state index is -0.778. The lowest BCUT2D eigenvalue weighted by molar-refractivity contribution is -0.123. The normalized spacial score (nSPS) is 14.4. The molecule has 0 saturated heterocycles. The molecule has 2 aromatic heterocycles. The molecule has 1 aliphatic carbocycles. The Balaban J connectivity index is 1.35. The van der Waals surface area contributed by atoms with Gasteiger partial charge in [0.05, 0.1) is 22.7 Å². The van der Waals surface area contributed by atoms with Crippen molar-refractivity contribution >= 4 is 27.5 Å². The van der Waals surface area contributed by atoms with Gasteiger partial charge in [-0.1, -0.05) is 36.4 Å². The van der Waals surface area contributed by atoms with Crippen LogP contribution in [0.4, 0.5) is 0 Å². The molecular weight excluding hydrogens is 398 g/mol. The third-order valence-corrected chi connectivity index (χ3v) is 6.25. The van der Waals surface area contributed by atoms with Crippen molar-refractivity contribution in [2.24, 2.45) is 0 Å². The van der Waals surface area contributed by atoms with E-state index < -0.39 is 5.41 Å². The van der Waals surface area contributed by atoms with Gasteiger partial charge in [0.15, 0.2) is 0 Å². The van der Waals surface area contributed by atoms with Crippen LogP contribution in [0, 0.1) is 11.3 Å². The predicted octanol–water partition coefficient (Wildman–Crippen LogP) is 3.61. The summed E-state index contributed by atoms with van der Waals surface area (Å²) in [5, 5.41) is 20.4. The molecule has 1 saturated carbocycles. The summed E-state index contributed by atoms with van der Waals surface area (Å²) in [5.41, 5.74) is 2.47. The topological polar surface area (TPSA) is 105 Å². The van der Waals surface area contributed by atoms with Gasteiger partial charge in [0.1, 0.15) is 17.0 Å². The maximum atomic E-state index is 12.3. The highest BCUT2D eigenvalue weighted by molar-refractivity contribution is 7.18. The lowest BCUT2D eigenvalue weighted by atomic mass is 10.1. The summed E-state index contributed by atoms with van der Waals surface area (Å²) in [6.45, 7) is -0.0295. The van der Waals surface area contributed by atoms with Crippen molar-refractivity contribution in [3.63, 3.8) is 0 Å². The minimum Gasteiger partial charge on any atom is -0.424 e. The molecular formula is C22H17N5O2S. The molecule has 0 aliphatic heterocycles. The van der Waals surface area contributed by atoms with E-state index in [1.807, 2.05) is 30.3 Å². The highest BCUT2D eigenvalue weighted by atomic mass is 32.1. The zero-order chi connectivity index (χ0) is 20.6. The molecule has 1 N–H and O–H groups in total. The van der Waals surface area contributed by atoms with Crippen LogP contribution < -0.4 is 5.32 Å². The van der Waals surface area contributed by atoms with Gasteiger partial charge in [-0.05, 0) is 36.1 Å². The van der Waals surface area contributed by atoms with Crippen molar-refractivity contribution in [2.75, 3.05) is 6.54 Å². The third kappa shape index (κ3) is 3.33. The molecule has 30 heavy (non-hydrogen) atoms. The summed E-state index contributed by atoms with van der Waals surface area (Å²) in [4.78, 5) is 17.0. The standard InChI is InChI=1S/C22H17N5O2S/c23-10-11-24-20(28)22(8-9-22)21-27-26-18(29-21)13-19-25-16-7-6-15(12-17(16)30-19)14-4-2-1-3-5-14/h1-7,12H,8-9,11,13H2,(H,24,28). The Morgan fingerprint density at radius 2 is 2.00 bits per heavy atom. The molecule has 1 fully saturated rings. The fourth-order valence-electron chi connectivity index (χ4n) is 3.46. The fourth-order valence-corrected chi connectivity index (χ4v) is 4.46. The Hall–Kier alpha value is -3.57. The summed E-state index contributed by atoms with van der Waals surface area (Å²) in [6, 6.07) is 18.4. The number of rotatable bonds is 6. The van der Waals surface area contributed by atoms with E-state index in [4.69, 9.17) is 9.68 Å². The largest absolute Gasteiger partial charge is 0.424 e. The molecule has 2 heterocycles. The van der Waals surface area contributed by atoms with Gasteiger partial charge < -0.3 is 9.73 Å². The summed E-state index contributed by atoms with van der Waals surface area (Å²) >= 11 is 1.60. The first-order valence-corrected chi connectivity index (χ1v) is 10.4. The smallest absolute Gasteiger partial charge is 0.236 e. The summed E-state index contributed by atoms with van der Waals surface area (Å²) < 4.78 is 6.90. The number of fused-ring (bicyclic) bond motifs is 1. The molecule has 7 nitrogen and oxygen atoms in total. The predicted molar refractivity (Wildman–Crippen MR) is 112 cm³/mol. The van der Waals surface area contributed by atoms with Crippen LogP contribution in [0.25, 0.3) is 21.3 Å². The number of nitriles is 1. The zero-order valence-corrected chi connectivity index (χ0v) is 16.8. The van der Waals surface area contributed by atoms with E-state index in [0.29, 0.717) is 31.0 Å². The molecule has 2 aromatic carbocycles. The molecule has 0 unspecified atom stereocenters. The maximum absolute atomic E-state index is 12.3. The second-order valence-electron chi connectivity index (χ2n) is 7.26. The van der Waals surface area contributed by atoms with E-state index in [0.717, 1.165) is 20.8 Å². The minimum absolute atomic E-state index is 0.0295. The number of hydrogen-bond donors (Lipinski definition) is 1. The molecule has 8 heteroatoms. The lowest BCUT2D eigenvalue weighted by Gasteiger charge is -2.08. The van der Waals surface area contributed by atoms with Gasteiger partial charge >= 0.3 is 0 Å². The summed E-state index contributed by atoms with van der Waals surface area (Å²) in [6.07, 6.45) is 1.72. The Morgan fingerprint density at radius 3 is 2.77 bits per heavy atom. The molecule has 1 amide bonds. The number of nitrogens with zero attached hydrogens (tertiary/aromatic N) is 4. The van der Waals surface area contributed by atoms with Gasteiger partial charge in [0.2, 0.25) is 17.7 Å². The first-order valence-electron chi connectivity index (χ1n) is 9.61. The quantitative estimate of drug-likeness (QED) is 0.482. The number of carbonyl (C=O) groups excluding carboxylic acids is 1.